The highest BCUT2D eigenvalue weighted by atomic mass is 35.5. The summed E-state index contributed by atoms with van der Waals surface area (Å²) in [5.41, 5.74) is 2.22. The van der Waals surface area contributed by atoms with Crippen LogP contribution in [0.5, 0.6) is 0 Å². The van der Waals surface area contributed by atoms with Crippen molar-refractivity contribution < 1.29 is 17.6 Å². The molecular weight excluding hydrogens is 448 g/mol. The molecule has 1 aliphatic rings. The molecule has 0 bridgehead atoms. The number of hydrogen-bond acceptors (Lipinski definition) is 3. The largest absolute Gasteiger partial charge is 0.336 e. The Kier molecular flexibility index (Phi) is 5.57. The molecule has 3 aromatic rings. The molecule has 30 heavy (non-hydrogen) atoms. The van der Waals surface area contributed by atoms with E-state index in [1.165, 1.54) is 17.0 Å². The Morgan fingerprint density at radius 1 is 0.867 bits per heavy atom. The van der Waals surface area contributed by atoms with Crippen LogP contribution in [0.4, 0.5) is 4.39 Å². The summed E-state index contributed by atoms with van der Waals surface area (Å²) in [6.07, 6.45) is 0. The summed E-state index contributed by atoms with van der Waals surface area (Å²) in [6.45, 7) is 0.209. The van der Waals surface area contributed by atoms with Crippen molar-refractivity contribution in [3.63, 3.8) is 0 Å². The maximum absolute atomic E-state index is 13.0. The Morgan fingerprint density at radius 2 is 1.47 bits per heavy atom. The molecule has 4 rings (SSSR count). The minimum Gasteiger partial charge on any atom is -0.336 e. The number of likely N-dealkylation sites (tertiary alicyclic amines) is 1. The molecule has 154 valence electrons. The van der Waals surface area contributed by atoms with Crippen molar-refractivity contribution in [3.05, 3.63) is 88.2 Å². The molecule has 8 heteroatoms. The van der Waals surface area contributed by atoms with Gasteiger partial charge in [0.05, 0.1) is 14.9 Å². The van der Waals surface area contributed by atoms with Crippen LogP contribution in [0.25, 0.3) is 11.1 Å². The Morgan fingerprint density at radius 3 is 2.07 bits per heavy atom. The van der Waals surface area contributed by atoms with Crippen LogP contribution < -0.4 is 0 Å². The minimum absolute atomic E-state index is 0.0620. The highest BCUT2D eigenvalue weighted by Gasteiger charge is 2.40. The van der Waals surface area contributed by atoms with Crippen LogP contribution in [0.2, 0.25) is 10.0 Å². The van der Waals surface area contributed by atoms with E-state index in [0.29, 0.717) is 15.6 Å². The summed E-state index contributed by atoms with van der Waals surface area (Å²) >= 11 is 12.0. The lowest BCUT2D eigenvalue weighted by molar-refractivity contribution is 0.0659. The molecule has 4 nitrogen and oxygen atoms in total. The van der Waals surface area contributed by atoms with Crippen molar-refractivity contribution in [3.8, 4) is 11.1 Å². The molecule has 0 spiro atoms. The lowest BCUT2D eigenvalue weighted by Gasteiger charge is -2.38. The van der Waals surface area contributed by atoms with Gasteiger partial charge in [0.15, 0.2) is 9.84 Å². The van der Waals surface area contributed by atoms with Crippen LogP contribution in [0, 0.1) is 5.82 Å². The van der Waals surface area contributed by atoms with Gasteiger partial charge in [0.25, 0.3) is 5.91 Å². The van der Waals surface area contributed by atoms with E-state index in [9.17, 15) is 17.6 Å². The number of carbonyl (C=O) groups excluding carboxylic acids is 1. The van der Waals surface area contributed by atoms with Crippen molar-refractivity contribution in [2.75, 3.05) is 13.1 Å². The fourth-order valence-corrected chi connectivity index (χ4v) is 5.23. The quantitative estimate of drug-likeness (QED) is 0.505. The number of nitrogens with zero attached hydrogens (tertiary/aromatic N) is 1. The number of halogens is 3. The van der Waals surface area contributed by atoms with Crippen LogP contribution in [0.15, 0.2) is 71.6 Å². The van der Waals surface area contributed by atoms with E-state index < -0.39 is 20.9 Å². The SMILES string of the molecule is O=C(c1ccc(-c2ccc(Cl)c(Cl)c2)cc1)N1CC(S(=O)(=O)c2ccc(F)cc2)C1. The smallest absolute Gasteiger partial charge is 0.253 e. The standard InChI is InChI=1S/C22H16Cl2FNO3S/c23-20-10-5-16(11-21(20)24)14-1-3-15(4-2-14)22(27)26-12-19(13-26)30(28,29)18-8-6-17(25)7-9-18/h1-11,19H,12-13H2. The van der Waals surface area contributed by atoms with Gasteiger partial charge in [0.1, 0.15) is 11.1 Å². The maximum atomic E-state index is 13.0. The van der Waals surface area contributed by atoms with Crippen LogP contribution in [-0.4, -0.2) is 37.6 Å². The van der Waals surface area contributed by atoms with Crippen molar-refractivity contribution in [1.82, 2.24) is 4.90 Å². The van der Waals surface area contributed by atoms with Crippen molar-refractivity contribution in [2.45, 2.75) is 10.1 Å². The number of sulfone groups is 1. The lowest BCUT2D eigenvalue weighted by Crippen LogP contribution is -2.56. The average molecular weight is 464 g/mol. The molecule has 1 aliphatic heterocycles. The predicted molar refractivity (Wildman–Crippen MR) is 115 cm³/mol. The molecule has 3 aromatic carbocycles. The fourth-order valence-electron chi connectivity index (χ4n) is 3.28. The fraction of sp³-hybridized carbons (Fsp3) is 0.136. The lowest BCUT2D eigenvalue weighted by atomic mass is 10.0. The van der Waals surface area contributed by atoms with Gasteiger partial charge in [-0.3, -0.25) is 4.79 Å². The molecule has 0 radical (unpaired) electrons. The van der Waals surface area contributed by atoms with Crippen LogP contribution in [-0.2, 0) is 9.84 Å². The number of benzene rings is 3. The van der Waals surface area contributed by atoms with Crippen molar-refractivity contribution >= 4 is 38.9 Å². The van der Waals surface area contributed by atoms with E-state index in [1.54, 1.807) is 36.4 Å². The summed E-state index contributed by atoms with van der Waals surface area (Å²) in [5, 5.41) is 0.223. The first kappa shape index (κ1) is 20.8. The van der Waals surface area contributed by atoms with Crippen molar-refractivity contribution in [2.24, 2.45) is 0 Å². The van der Waals surface area contributed by atoms with Gasteiger partial charge in [0, 0.05) is 18.7 Å². The monoisotopic (exact) mass is 463 g/mol. The molecule has 0 unspecified atom stereocenters. The maximum Gasteiger partial charge on any atom is 0.253 e. The Balaban J connectivity index is 1.43. The molecule has 0 aliphatic carbocycles. The molecule has 0 saturated carbocycles. The zero-order valence-corrected chi connectivity index (χ0v) is 17.9. The average Bonchev–Trinajstić information content (AvgIpc) is 2.69. The van der Waals surface area contributed by atoms with Gasteiger partial charge in [-0.05, 0) is 59.7 Å². The summed E-state index contributed by atoms with van der Waals surface area (Å²) in [5.74, 6) is -0.732. The van der Waals surface area contributed by atoms with Crippen LogP contribution >= 0.6 is 23.2 Å². The summed E-state index contributed by atoms with van der Waals surface area (Å²) in [4.78, 5) is 14.2. The molecule has 0 atom stereocenters. The first-order valence-electron chi connectivity index (χ1n) is 9.10. The topological polar surface area (TPSA) is 54.5 Å². The van der Waals surface area contributed by atoms with Gasteiger partial charge in [-0.25, -0.2) is 12.8 Å². The second kappa shape index (κ2) is 8.02. The second-order valence-electron chi connectivity index (χ2n) is 7.04. The van der Waals surface area contributed by atoms with E-state index in [0.717, 1.165) is 23.3 Å². The van der Waals surface area contributed by atoms with E-state index >= 15 is 0 Å². The zero-order valence-electron chi connectivity index (χ0n) is 15.6. The number of carbonyl (C=O) groups is 1. The normalized spacial score (nSPS) is 14.4. The van der Waals surface area contributed by atoms with E-state index in [2.05, 4.69) is 0 Å². The number of hydrogen-bond donors (Lipinski definition) is 0. The Hall–Kier alpha value is -2.41. The summed E-state index contributed by atoms with van der Waals surface area (Å²) in [6, 6.07) is 17.0. The molecule has 1 saturated heterocycles. The summed E-state index contributed by atoms with van der Waals surface area (Å²) < 4.78 is 38.2. The third-order valence-corrected chi connectivity index (χ3v) is 7.95. The highest BCUT2D eigenvalue weighted by molar-refractivity contribution is 7.92. The third kappa shape index (κ3) is 3.95. The minimum atomic E-state index is -3.60. The third-order valence-electron chi connectivity index (χ3n) is 5.10. The van der Waals surface area contributed by atoms with Gasteiger partial charge in [-0.15, -0.1) is 0 Å². The van der Waals surface area contributed by atoms with Gasteiger partial charge in [0.2, 0.25) is 0 Å². The van der Waals surface area contributed by atoms with Crippen molar-refractivity contribution in [1.29, 1.82) is 0 Å². The predicted octanol–water partition coefficient (Wildman–Crippen LogP) is 5.10. The van der Waals surface area contributed by atoms with Gasteiger partial charge in [-0.1, -0.05) is 41.4 Å². The molecule has 1 fully saturated rings. The Labute approximate surface area is 183 Å². The van der Waals surface area contributed by atoms with Crippen LogP contribution in [0.3, 0.4) is 0 Å². The van der Waals surface area contributed by atoms with Gasteiger partial charge >= 0.3 is 0 Å². The van der Waals surface area contributed by atoms with Gasteiger partial charge in [-0.2, -0.15) is 0 Å². The molecular formula is C22H16Cl2FNO3S. The molecule has 0 N–H and O–H groups in total. The summed E-state index contributed by atoms with van der Waals surface area (Å²) in [7, 11) is -3.60. The van der Waals surface area contributed by atoms with Crippen LogP contribution in [0.1, 0.15) is 10.4 Å². The first-order chi connectivity index (χ1) is 14.3. The van der Waals surface area contributed by atoms with Gasteiger partial charge < -0.3 is 4.90 Å². The molecule has 1 amide bonds. The first-order valence-corrected chi connectivity index (χ1v) is 11.4. The molecule has 1 heterocycles. The zero-order chi connectivity index (χ0) is 21.5. The number of amides is 1. The molecule has 0 aromatic heterocycles. The van der Waals surface area contributed by atoms with E-state index in [4.69, 9.17) is 23.2 Å². The number of rotatable bonds is 4. The second-order valence-corrected chi connectivity index (χ2v) is 10.1. The van der Waals surface area contributed by atoms with E-state index in [1.807, 2.05) is 6.07 Å². The Bertz CT molecular complexity index is 1210. The van der Waals surface area contributed by atoms with E-state index in [-0.39, 0.29) is 23.9 Å². The highest BCUT2D eigenvalue weighted by Crippen LogP contribution is 2.29.